The van der Waals surface area contributed by atoms with Crippen LogP contribution in [0.3, 0.4) is 0 Å². The van der Waals surface area contributed by atoms with E-state index >= 15 is 0 Å². The summed E-state index contributed by atoms with van der Waals surface area (Å²) in [6.07, 6.45) is 3.13. The molecule has 4 rings (SSSR count). The summed E-state index contributed by atoms with van der Waals surface area (Å²) >= 11 is 0. The van der Waals surface area contributed by atoms with Gasteiger partial charge in [0.1, 0.15) is 17.3 Å². The lowest BCUT2D eigenvalue weighted by Crippen LogP contribution is -2.39. The third kappa shape index (κ3) is 3.87. The van der Waals surface area contributed by atoms with Crippen LogP contribution in [-0.4, -0.2) is 47.2 Å². The van der Waals surface area contributed by atoms with Crippen LogP contribution in [0.5, 0.6) is 0 Å². The molecule has 0 spiro atoms. The number of rotatable bonds is 3. The zero-order chi connectivity index (χ0) is 21.5. The average molecular weight is 419 g/mol. The first-order chi connectivity index (χ1) is 14.2. The van der Waals surface area contributed by atoms with Gasteiger partial charge < -0.3 is 21.3 Å². The summed E-state index contributed by atoms with van der Waals surface area (Å²) in [6.45, 7) is 0.0748. The molecule has 3 heterocycles. The Labute approximate surface area is 172 Å². The van der Waals surface area contributed by atoms with Crippen molar-refractivity contribution in [3.8, 4) is 0 Å². The summed E-state index contributed by atoms with van der Waals surface area (Å²) in [5.74, 6) is -2.51. The number of aromatic nitrogens is 2. The van der Waals surface area contributed by atoms with Gasteiger partial charge in [0.2, 0.25) is 0 Å². The average Bonchev–Trinajstić information content (AvgIpc) is 3.00. The number of nitrogens with zero attached hydrogens (tertiary/aromatic N) is 5. The highest BCUT2D eigenvalue weighted by molar-refractivity contribution is 5.96. The van der Waals surface area contributed by atoms with Crippen molar-refractivity contribution in [2.75, 3.05) is 29.4 Å². The van der Waals surface area contributed by atoms with Gasteiger partial charge in [-0.2, -0.15) is 5.10 Å². The Morgan fingerprint density at radius 1 is 1.23 bits per heavy atom. The maximum atomic E-state index is 14.5. The second-order valence-electron chi connectivity index (χ2n) is 7.71. The number of benzene rings is 1. The number of aliphatic imine (C=N–C) groups is 1. The zero-order valence-corrected chi connectivity index (χ0v) is 16.6. The van der Waals surface area contributed by atoms with Gasteiger partial charge in [0.05, 0.1) is 31.2 Å². The highest BCUT2D eigenvalue weighted by atomic mass is 19.3. The minimum Gasteiger partial charge on any atom is -0.386 e. The SMILES string of the molecule is Cn1ncc(N2CC(N)=NC=C2c2ccccc2F)c1N1CC[C@@H](N)CC(F)(F)C1. The van der Waals surface area contributed by atoms with Crippen LogP contribution in [0, 0.1) is 5.82 Å². The molecule has 160 valence electrons. The van der Waals surface area contributed by atoms with E-state index in [1.165, 1.54) is 12.3 Å². The number of nitrogens with two attached hydrogens (primary N) is 2. The predicted molar refractivity (Wildman–Crippen MR) is 111 cm³/mol. The first-order valence-electron chi connectivity index (χ1n) is 9.70. The van der Waals surface area contributed by atoms with Crippen molar-refractivity contribution in [2.45, 2.75) is 24.8 Å². The maximum Gasteiger partial charge on any atom is 0.266 e. The molecule has 1 atom stereocenters. The standard InChI is InChI=1S/C20H24F3N7/c1-28-19(29-7-6-13(24)8-20(22,23)12-29)17(10-27-28)30-11-18(25)26-9-16(30)14-4-2-3-5-15(14)21/h2-5,9-10,13H,6-8,11-12,24H2,1H3,(H2,25,26)/t13-/m1/s1. The van der Waals surface area contributed by atoms with Crippen molar-refractivity contribution in [1.82, 2.24) is 9.78 Å². The van der Waals surface area contributed by atoms with Crippen molar-refractivity contribution >= 4 is 23.0 Å². The van der Waals surface area contributed by atoms with E-state index in [1.807, 2.05) is 0 Å². The minimum absolute atomic E-state index is 0.183. The number of halogens is 3. The van der Waals surface area contributed by atoms with Crippen molar-refractivity contribution in [3.63, 3.8) is 0 Å². The third-order valence-electron chi connectivity index (χ3n) is 5.35. The second kappa shape index (κ2) is 7.67. The summed E-state index contributed by atoms with van der Waals surface area (Å²) < 4.78 is 45.0. The largest absolute Gasteiger partial charge is 0.386 e. The molecule has 10 heteroatoms. The van der Waals surface area contributed by atoms with Crippen molar-refractivity contribution < 1.29 is 13.2 Å². The van der Waals surface area contributed by atoms with Crippen LogP contribution in [0.25, 0.3) is 5.70 Å². The van der Waals surface area contributed by atoms with Gasteiger partial charge in [0.15, 0.2) is 5.82 Å². The molecule has 4 N–H and O–H groups in total. The molecule has 1 saturated heterocycles. The molecule has 1 aromatic heterocycles. The van der Waals surface area contributed by atoms with E-state index in [2.05, 4.69) is 10.1 Å². The van der Waals surface area contributed by atoms with Crippen LogP contribution in [0.4, 0.5) is 24.7 Å². The quantitative estimate of drug-likeness (QED) is 0.797. The molecule has 2 aliphatic heterocycles. The molecule has 0 saturated carbocycles. The summed E-state index contributed by atoms with van der Waals surface area (Å²) in [6, 6.07) is 5.74. The first kappa shape index (κ1) is 20.3. The molecular weight excluding hydrogens is 395 g/mol. The normalized spacial score (nSPS) is 21.8. The van der Waals surface area contributed by atoms with E-state index in [1.54, 1.807) is 45.9 Å². The van der Waals surface area contributed by atoms with Crippen molar-refractivity contribution in [2.24, 2.45) is 23.5 Å². The number of hydrogen-bond donors (Lipinski definition) is 2. The second-order valence-corrected chi connectivity index (χ2v) is 7.71. The van der Waals surface area contributed by atoms with E-state index < -0.39 is 24.3 Å². The number of anilines is 2. The molecule has 2 aromatic rings. The Hall–Kier alpha value is -3.01. The topological polar surface area (TPSA) is 88.7 Å². The van der Waals surface area contributed by atoms with Crippen molar-refractivity contribution in [3.05, 3.63) is 48.0 Å². The van der Waals surface area contributed by atoms with E-state index in [9.17, 15) is 13.2 Å². The fourth-order valence-electron chi connectivity index (χ4n) is 3.99. The summed E-state index contributed by atoms with van der Waals surface area (Å²) in [4.78, 5) is 7.50. The Balaban J connectivity index is 1.77. The molecule has 1 fully saturated rings. The maximum absolute atomic E-state index is 14.5. The summed E-state index contributed by atoms with van der Waals surface area (Å²) in [5.41, 5.74) is 13.2. The fourth-order valence-corrected chi connectivity index (χ4v) is 3.99. The monoisotopic (exact) mass is 419 g/mol. The molecular formula is C20H24F3N7. The van der Waals surface area contributed by atoms with Crippen LogP contribution in [-0.2, 0) is 7.05 Å². The van der Waals surface area contributed by atoms with Gasteiger partial charge in [0, 0.05) is 31.6 Å². The minimum atomic E-state index is -2.93. The molecule has 0 unspecified atom stereocenters. The van der Waals surface area contributed by atoms with Crippen LogP contribution < -0.4 is 21.3 Å². The molecule has 0 amide bonds. The first-order valence-corrected chi connectivity index (χ1v) is 9.70. The Morgan fingerprint density at radius 2 is 2.00 bits per heavy atom. The van der Waals surface area contributed by atoms with E-state index in [-0.39, 0.29) is 13.0 Å². The lowest BCUT2D eigenvalue weighted by atomic mass is 10.1. The number of amidine groups is 1. The smallest absolute Gasteiger partial charge is 0.266 e. The van der Waals surface area contributed by atoms with Gasteiger partial charge in [-0.25, -0.2) is 18.2 Å². The molecule has 7 nitrogen and oxygen atoms in total. The van der Waals surface area contributed by atoms with Crippen molar-refractivity contribution in [1.29, 1.82) is 0 Å². The number of hydrogen-bond acceptors (Lipinski definition) is 6. The molecule has 0 radical (unpaired) electrons. The Bertz CT molecular complexity index is 998. The van der Waals surface area contributed by atoms with Gasteiger partial charge in [-0.05, 0) is 18.6 Å². The van der Waals surface area contributed by atoms with Gasteiger partial charge in [0.25, 0.3) is 5.92 Å². The van der Waals surface area contributed by atoms with Crippen LogP contribution in [0.15, 0.2) is 41.7 Å². The Morgan fingerprint density at radius 3 is 2.77 bits per heavy atom. The molecule has 0 bridgehead atoms. The van der Waals surface area contributed by atoms with E-state index in [4.69, 9.17) is 11.5 Å². The van der Waals surface area contributed by atoms with Gasteiger partial charge in [-0.3, -0.25) is 4.68 Å². The summed E-state index contributed by atoms with van der Waals surface area (Å²) in [7, 11) is 1.69. The zero-order valence-electron chi connectivity index (χ0n) is 16.6. The van der Waals surface area contributed by atoms with Crippen LogP contribution >= 0.6 is 0 Å². The highest BCUT2D eigenvalue weighted by Crippen LogP contribution is 2.38. The van der Waals surface area contributed by atoms with E-state index in [0.717, 1.165) is 0 Å². The summed E-state index contributed by atoms with van der Waals surface area (Å²) in [5, 5.41) is 4.30. The number of aryl methyl sites for hydroxylation is 1. The van der Waals surface area contributed by atoms with E-state index in [0.29, 0.717) is 41.6 Å². The molecule has 1 aromatic carbocycles. The lowest BCUT2D eigenvalue weighted by molar-refractivity contribution is -0.000530. The highest BCUT2D eigenvalue weighted by Gasteiger charge is 2.39. The fraction of sp³-hybridized carbons (Fsp3) is 0.400. The van der Waals surface area contributed by atoms with Gasteiger partial charge in [-0.15, -0.1) is 0 Å². The molecule has 0 aliphatic carbocycles. The van der Waals surface area contributed by atoms with Crippen LogP contribution in [0.1, 0.15) is 18.4 Å². The molecule has 30 heavy (non-hydrogen) atoms. The lowest BCUT2D eigenvalue weighted by Gasteiger charge is -2.33. The number of alkyl halides is 2. The Kier molecular flexibility index (Phi) is 5.19. The molecule has 2 aliphatic rings. The third-order valence-corrected chi connectivity index (χ3v) is 5.35. The predicted octanol–water partition coefficient (Wildman–Crippen LogP) is 2.30. The van der Waals surface area contributed by atoms with Gasteiger partial charge >= 0.3 is 0 Å². The van der Waals surface area contributed by atoms with Gasteiger partial charge in [-0.1, -0.05) is 12.1 Å². The van der Waals surface area contributed by atoms with Crippen LogP contribution in [0.2, 0.25) is 0 Å².